The number of methoxy groups -OCH3 is 2. The van der Waals surface area contributed by atoms with Crippen molar-refractivity contribution in [1.82, 2.24) is 4.98 Å². The Bertz CT molecular complexity index is 931. The smallest absolute Gasteiger partial charge is 0.255 e. The molecule has 1 N–H and O–H groups in total. The molecule has 0 fully saturated rings. The lowest BCUT2D eigenvalue weighted by atomic mass is 10.1. The fourth-order valence-electron chi connectivity index (χ4n) is 2.34. The highest BCUT2D eigenvalue weighted by Crippen LogP contribution is 2.30. The number of anilines is 1. The lowest BCUT2D eigenvalue weighted by Crippen LogP contribution is -2.12. The molecule has 3 aromatic rings. The summed E-state index contributed by atoms with van der Waals surface area (Å²) in [5, 5.41) is 5.12. The van der Waals surface area contributed by atoms with Crippen molar-refractivity contribution in [3.8, 4) is 17.2 Å². The average Bonchev–Trinajstić information content (AvgIpc) is 3.20. The quantitative estimate of drug-likeness (QED) is 0.621. The molecule has 0 aliphatic heterocycles. The number of aromatic nitrogens is 1. The van der Waals surface area contributed by atoms with Gasteiger partial charge in [0.2, 0.25) is 0 Å². The van der Waals surface area contributed by atoms with E-state index in [0.717, 1.165) is 5.69 Å². The number of carbonyl (C=O) groups is 1. The first-order valence-electron chi connectivity index (χ1n) is 7.93. The van der Waals surface area contributed by atoms with Crippen molar-refractivity contribution in [3.63, 3.8) is 0 Å². The van der Waals surface area contributed by atoms with Crippen molar-refractivity contribution in [1.29, 1.82) is 0 Å². The van der Waals surface area contributed by atoms with E-state index in [9.17, 15) is 4.79 Å². The number of amides is 1. The van der Waals surface area contributed by atoms with Gasteiger partial charge < -0.3 is 19.5 Å². The zero-order chi connectivity index (χ0) is 19.2. The summed E-state index contributed by atoms with van der Waals surface area (Å²) in [7, 11) is 3.06. The summed E-state index contributed by atoms with van der Waals surface area (Å²) in [5.41, 5.74) is 3.57. The molecule has 0 spiro atoms. The number of nitrogens with zero attached hydrogens (tertiary/aromatic N) is 1. The molecule has 140 valence electrons. The van der Waals surface area contributed by atoms with Gasteiger partial charge in [0.15, 0.2) is 11.5 Å². The van der Waals surface area contributed by atoms with Crippen LogP contribution in [-0.2, 0) is 6.61 Å². The Labute approximate surface area is 165 Å². The van der Waals surface area contributed by atoms with Crippen LogP contribution in [0.3, 0.4) is 0 Å². The first-order valence-corrected chi connectivity index (χ1v) is 9.25. The number of thiazole rings is 1. The average molecular weight is 405 g/mol. The number of ether oxygens (including phenoxy) is 3. The van der Waals surface area contributed by atoms with Crippen molar-refractivity contribution < 1.29 is 19.0 Å². The number of hydrogen-bond acceptors (Lipinski definition) is 6. The zero-order valence-corrected chi connectivity index (χ0v) is 16.3. The highest BCUT2D eigenvalue weighted by molar-refractivity contribution is 7.07. The second kappa shape index (κ2) is 8.75. The van der Waals surface area contributed by atoms with Crippen LogP contribution in [0.15, 0.2) is 47.3 Å². The van der Waals surface area contributed by atoms with E-state index in [4.69, 9.17) is 25.8 Å². The highest BCUT2D eigenvalue weighted by atomic mass is 35.5. The Morgan fingerprint density at radius 3 is 2.56 bits per heavy atom. The SMILES string of the molecule is COc1ccc(NC(=O)c2ccc(OCc3cscn3)c(OC)c2)cc1Cl. The first kappa shape index (κ1) is 19.0. The molecule has 1 heterocycles. The number of halogens is 1. The van der Waals surface area contributed by atoms with Crippen molar-refractivity contribution in [3.05, 3.63) is 63.6 Å². The lowest BCUT2D eigenvalue weighted by molar-refractivity contribution is 0.102. The summed E-state index contributed by atoms with van der Waals surface area (Å²) in [6.45, 7) is 0.329. The van der Waals surface area contributed by atoms with Crippen LogP contribution < -0.4 is 19.5 Å². The molecule has 1 aromatic heterocycles. The van der Waals surface area contributed by atoms with Crippen molar-refractivity contribution in [2.24, 2.45) is 0 Å². The standard InChI is InChI=1S/C19H17ClN2O4S/c1-24-16-6-4-13(8-15(16)20)22-19(23)12-3-5-17(18(7-12)25-2)26-9-14-10-27-11-21-14/h3-8,10-11H,9H2,1-2H3,(H,22,23). The Morgan fingerprint density at radius 1 is 1.11 bits per heavy atom. The Balaban J connectivity index is 1.72. The van der Waals surface area contributed by atoms with Crippen LogP contribution in [-0.4, -0.2) is 25.1 Å². The van der Waals surface area contributed by atoms with Gasteiger partial charge in [0, 0.05) is 16.6 Å². The molecule has 0 unspecified atom stereocenters. The van der Waals surface area contributed by atoms with Gasteiger partial charge in [0.05, 0.1) is 30.4 Å². The molecule has 0 atom stereocenters. The Morgan fingerprint density at radius 2 is 1.89 bits per heavy atom. The molecule has 0 radical (unpaired) electrons. The van der Waals surface area contributed by atoms with Crippen LogP contribution in [0.1, 0.15) is 16.1 Å². The van der Waals surface area contributed by atoms with E-state index in [1.165, 1.54) is 25.6 Å². The minimum atomic E-state index is -0.291. The topological polar surface area (TPSA) is 69.7 Å². The van der Waals surface area contributed by atoms with Gasteiger partial charge in [-0.15, -0.1) is 11.3 Å². The molecular formula is C19H17ClN2O4S. The highest BCUT2D eigenvalue weighted by Gasteiger charge is 2.13. The summed E-state index contributed by atoms with van der Waals surface area (Å²) >= 11 is 7.59. The van der Waals surface area contributed by atoms with Gasteiger partial charge in [-0.25, -0.2) is 4.98 Å². The van der Waals surface area contributed by atoms with Gasteiger partial charge in [0.25, 0.3) is 5.91 Å². The monoisotopic (exact) mass is 404 g/mol. The third kappa shape index (κ3) is 4.69. The van der Waals surface area contributed by atoms with Crippen LogP contribution in [0.2, 0.25) is 5.02 Å². The van der Waals surface area contributed by atoms with E-state index in [1.807, 2.05) is 5.38 Å². The second-order valence-corrected chi connectivity index (χ2v) is 6.56. The predicted molar refractivity (Wildman–Crippen MR) is 105 cm³/mol. The summed E-state index contributed by atoms with van der Waals surface area (Å²) in [4.78, 5) is 16.7. The zero-order valence-electron chi connectivity index (χ0n) is 14.7. The Kier molecular flexibility index (Phi) is 6.16. The van der Waals surface area contributed by atoms with Gasteiger partial charge in [-0.1, -0.05) is 11.6 Å². The maximum atomic E-state index is 12.5. The molecule has 1 amide bonds. The minimum Gasteiger partial charge on any atom is -0.495 e. The number of hydrogen-bond donors (Lipinski definition) is 1. The minimum absolute atomic E-state index is 0.291. The maximum absolute atomic E-state index is 12.5. The summed E-state index contributed by atoms with van der Waals surface area (Å²) in [6, 6.07) is 10.0. The molecule has 0 bridgehead atoms. The lowest BCUT2D eigenvalue weighted by Gasteiger charge is -2.12. The van der Waals surface area contributed by atoms with Gasteiger partial charge in [-0.2, -0.15) is 0 Å². The molecule has 0 aliphatic rings. The largest absolute Gasteiger partial charge is 0.495 e. The van der Waals surface area contributed by atoms with Crippen molar-refractivity contribution in [2.45, 2.75) is 6.61 Å². The van der Waals surface area contributed by atoms with Crippen molar-refractivity contribution in [2.75, 3.05) is 19.5 Å². The van der Waals surface area contributed by atoms with Crippen LogP contribution in [0.4, 0.5) is 5.69 Å². The number of benzene rings is 2. The molecule has 0 aliphatic carbocycles. The first-order chi connectivity index (χ1) is 13.1. The Hall–Kier alpha value is -2.77. The maximum Gasteiger partial charge on any atom is 0.255 e. The fraction of sp³-hybridized carbons (Fsp3) is 0.158. The van der Waals surface area contributed by atoms with Crippen molar-refractivity contribution >= 4 is 34.5 Å². The van der Waals surface area contributed by atoms with E-state index < -0.39 is 0 Å². The third-order valence-electron chi connectivity index (χ3n) is 3.69. The molecule has 0 saturated heterocycles. The molecule has 27 heavy (non-hydrogen) atoms. The van der Waals surface area contributed by atoms with E-state index in [1.54, 1.807) is 41.9 Å². The molecule has 3 rings (SSSR count). The summed E-state index contributed by atoms with van der Waals surface area (Å²) in [5.74, 6) is 1.25. The normalized spacial score (nSPS) is 10.3. The molecule has 2 aromatic carbocycles. The van der Waals surface area contributed by atoms with E-state index in [2.05, 4.69) is 10.3 Å². The van der Waals surface area contributed by atoms with Crippen LogP contribution in [0, 0.1) is 0 Å². The fourth-order valence-corrected chi connectivity index (χ4v) is 3.14. The van der Waals surface area contributed by atoms with Gasteiger partial charge >= 0.3 is 0 Å². The molecular weight excluding hydrogens is 388 g/mol. The van der Waals surface area contributed by atoms with E-state index in [0.29, 0.717) is 40.1 Å². The van der Waals surface area contributed by atoms with E-state index >= 15 is 0 Å². The van der Waals surface area contributed by atoms with Gasteiger partial charge in [-0.3, -0.25) is 4.79 Å². The number of nitrogens with one attached hydrogen (secondary N) is 1. The van der Waals surface area contributed by atoms with Crippen LogP contribution in [0.25, 0.3) is 0 Å². The number of carbonyl (C=O) groups excluding carboxylic acids is 1. The molecule has 8 heteroatoms. The van der Waals surface area contributed by atoms with Crippen LogP contribution in [0.5, 0.6) is 17.2 Å². The second-order valence-electron chi connectivity index (χ2n) is 5.44. The molecule has 0 saturated carbocycles. The van der Waals surface area contributed by atoms with Gasteiger partial charge in [0.1, 0.15) is 12.4 Å². The predicted octanol–water partition coefficient (Wildman–Crippen LogP) is 4.65. The van der Waals surface area contributed by atoms with Gasteiger partial charge in [-0.05, 0) is 36.4 Å². The van der Waals surface area contributed by atoms with E-state index in [-0.39, 0.29) is 5.91 Å². The third-order valence-corrected chi connectivity index (χ3v) is 4.63. The molecule has 6 nitrogen and oxygen atoms in total. The summed E-state index contributed by atoms with van der Waals surface area (Å²) in [6.07, 6.45) is 0. The van der Waals surface area contributed by atoms with Crippen LogP contribution >= 0.6 is 22.9 Å². The number of rotatable bonds is 7. The summed E-state index contributed by atoms with van der Waals surface area (Å²) < 4.78 is 16.2.